The first-order chi connectivity index (χ1) is 14.9. The average Bonchev–Trinajstić information content (AvgIpc) is 2.75. The van der Waals surface area contributed by atoms with E-state index in [0.717, 1.165) is 53.0 Å². The molecule has 6 heteroatoms. The summed E-state index contributed by atoms with van der Waals surface area (Å²) in [6.07, 6.45) is 11.1. The third-order valence-electron chi connectivity index (χ3n) is 6.27. The number of aliphatic hydroxyl groups excluding tert-OH is 1. The summed E-state index contributed by atoms with van der Waals surface area (Å²) in [4.78, 5) is 19.2. The molecule has 0 radical (unpaired) electrons. The smallest absolute Gasteiger partial charge is 0.163 e. The molecule has 2 heterocycles. The van der Waals surface area contributed by atoms with Gasteiger partial charge in [-0.1, -0.05) is 12.1 Å². The van der Waals surface area contributed by atoms with Crippen molar-refractivity contribution in [3.05, 3.63) is 53.9 Å². The molecule has 0 amide bonds. The molecule has 1 aromatic carbocycles. The second-order valence-electron chi connectivity index (χ2n) is 9.03. The molecule has 1 aromatic heterocycles. The van der Waals surface area contributed by atoms with Gasteiger partial charge in [0.1, 0.15) is 6.23 Å². The minimum Gasteiger partial charge on any atom is -0.381 e. The zero-order chi connectivity index (χ0) is 22.0. The maximum absolute atomic E-state index is 12.4. The molecule has 6 nitrogen and oxygen atoms in total. The number of anilines is 1. The first-order valence-corrected chi connectivity index (χ1v) is 11.1. The summed E-state index contributed by atoms with van der Waals surface area (Å²) in [6, 6.07) is 6.46. The largest absolute Gasteiger partial charge is 0.381 e. The van der Waals surface area contributed by atoms with E-state index in [-0.39, 0.29) is 5.78 Å². The summed E-state index contributed by atoms with van der Waals surface area (Å²) < 4.78 is 0. The Balaban J connectivity index is 1.64. The highest BCUT2D eigenvalue weighted by atomic mass is 16.3. The second kappa shape index (κ2) is 9.20. The molecule has 1 aliphatic heterocycles. The van der Waals surface area contributed by atoms with Crippen LogP contribution in [0.1, 0.15) is 48.5 Å². The maximum Gasteiger partial charge on any atom is 0.163 e. The maximum atomic E-state index is 12.4. The molecule has 0 saturated heterocycles. The highest BCUT2D eigenvalue weighted by molar-refractivity contribution is 6.07. The van der Waals surface area contributed by atoms with Crippen LogP contribution in [0.15, 0.2) is 42.7 Å². The van der Waals surface area contributed by atoms with Gasteiger partial charge >= 0.3 is 0 Å². The van der Waals surface area contributed by atoms with Crippen LogP contribution in [0.25, 0.3) is 16.5 Å². The van der Waals surface area contributed by atoms with E-state index in [9.17, 15) is 9.90 Å². The van der Waals surface area contributed by atoms with Crippen molar-refractivity contribution >= 4 is 27.9 Å². The number of fused-ring (bicyclic) bond motifs is 1. The number of rotatable bonds is 6. The van der Waals surface area contributed by atoms with Crippen molar-refractivity contribution in [2.24, 2.45) is 5.92 Å². The molecule has 3 N–H and O–H groups in total. The first kappa shape index (κ1) is 21.5. The lowest BCUT2D eigenvalue weighted by Gasteiger charge is -2.32. The third-order valence-corrected chi connectivity index (χ3v) is 6.27. The SMILES string of the molecule is CC(=O)c1cnc2ccc(C3=CNC(O)C=C3)cc2c1NC1CCC(CN(C)C)CC1. The Morgan fingerprint density at radius 2 is 2.03 bits per heavy atom. The average molecular weight is 421 g/mol. The van der Waals surface area contributed by atoms with Crippen LogP contribution in [-0.2, 0) is 0 Å². The van der Waals surface area contributed by atoms with Crippen LogP contribution < -0.4 is 10.6 Å². The molecular weight excluding hydrogens is 388 g/mol. The van der Waals surface area contributed by atoms with E-state index >= 15 is 0 Å². The third kappa shape index (κ3) is 4.97. The minimum absolute atomic E-state index is 0.0187. The summed E-state index contributed by atoms with van der Waals surface area (Å²) in [6.45, 7) is 2.74. The van der Waals surface area contributed by atoms with E-state index < -0.39 is 6.23 Å². The van der Waals surface area contributed by atoms with Gasteiger partial charge in [-0.25, -0.2) is 0 Å². The highest BCUT2D eigenvalue weighted by Gasteiger charge is 2.24. The monoisotopic (exact) mass is 420 g/mol. The number of dihydropyridines is 1. The highest BCUT2D eigenvalue weighted by Crippen LogP contribution is 2.33. The van der Waals surface area contributed by atoms with E-state index in [2.05, 4.69) is 40.7 Å². The predicted octanol–water partition coefficient (Wildman–Crippen LogP) is 3.79. The summed E-state index contributed by atoms with van der Waals surface area (Å²) in [5.41, 5.74) is 4.40. The standard InChI is InChI=1S/C25H32N4O2/c1-16(30)22-14-26-23-10-6-18(19-7-11-24(31)27-13-19)12-21(23)25(22)28-20-8-4-17(5-9-20)15-29(2)3/h6-7,10-14,17,20,24,27,31H,4-5,8-9,15H2,1-3H3,(H,26,28). The molecular formula is C25H32N4O2. The second-order valence-corrected chi connectivity index (χ2v) is 9.03. The Kier molecular flexibility index (Phi) is 6.39. The van der Waals surface area contributed by atoms with Crippen LogP contribution in [-0.4, -0.2) is 53.7 Å². The molecule has 1 fully saturated rings. The van der Waals surface area contributed by atoms with Crippen molar-refractivity contribution in [2.45, 2.75) is 44.9 Å². The number of hydrogen-bond acceptors (Lipinski definition) is 6. The number of Topliss-reactive ketones (excluding diaryl/α,β-unsaturated/α-hetero) is 1. The molecule has 1 atom stereocenters. The van der Waals surface area contributed by atoms with E-state index in [1.54, 1.807) is 19.2 Å². The van der Waals surface area contributed by atoms with E-state index in [0.29, 0.717) is 11.6 Å². The van der Waals surface area contributed by atoms with E-state index in [4.69, 9.17) is 0 Å². The molecule has 164 valence electrons. The molecule has 1 aliphatic carbocycles. The van der Waals surface area contributed by atoms with Gasteiger partial charge in [0.2, 0.25) is 0 Å². The van der Waals surface area contributed by atoms with Gasteiger partial charge in [0.05, 0.1) is 16.8 Å². The molecule has 2 aliphatic rings. The minimum atomic E-state index is -0.657. The molecule has 0 spiro atoms. The molecule has 1 saturated carbocycles. The van der Waals surface area contributed by atoms with Crippen molar-refractivity contribution < 1.29 is 9.90 Å². The van der Waals surface area contributed by atoms with Gasteiger partial charge in [-0.2, -0.15) is 0 Å². The van der Waals surface area contributed by atoms with Gasteiger partial charge in [-0.05, 0) is 82.0 Å². The zero-order valence-corrected chi connectivity index (χ0v) is 18.6. The van der Waals surface area contributed by atoms with Crippen LogP contribution in [0.3, 0.4) is 0 Å². The van der Waals surface area contributed by atoms with Crippen LogP contribution in [0, 0.1) is 5.92 Å². The van der Waals surface area contributed by atoms with Crippen LogP contribution in [0.4, 0.5) is 5.69 Å². The Labute approximate surface area is 184 Å². The van der Waals surface area contributed by atoms with Crippen molar-refractivity contribution in [3.8, 4) is 0 Å². The van der Waals surface area contributed by atoms with E-state index in [1.807, 2.05) is 24.4 Å². The summed E-state index contributed by atoms with van der Waals surface area (Å²) in [5, 5.41) is 17.2. The van der Waals surface area contributed by atoms with Gasteiger partial charge in [0.15, 0.2) is 5.78 Å². The number of hydrogen-bond donors (Lipinski definition) is 3. The summed E-state index contributed by atoms with van der Waals surface area (Å²) in [5.74, 6) is 0.763. The number of benzene rings is 1. The van der Waals surface area contributed by atoms with Crippen molar-refractivity contribution in [1.82, 2.24) is 15.2 Å². The fourth-order valence-electron chi connectivity index (χ4n) is 4.66. The number of aliphatic hydroxyl groups is 1. The fourth-order valence-corrected chi connectivity index (χ4v) is 4.66. The van der Waals surface area contributed by atoms with Crippen LogP contribution in [0.5, 0.6) is 0 Å². The number of allylic oxidation sites excluding steroid dienone is 2. The quantitative estimate of drug-likeness (QED) is 0.617. The molecule has 2 aromatic rings. The van der Waals surface area contributed by atoms with Crippen molar-refractivity contribution in [1.29, 1.82) is 0 Å². The Morgan fingerprint density at radius 3 is 2.68 bits per heavy atom. The first-order valence-electron chi connectivity index (χ1n) is 11.1. The Morgan fingerprint density at radius 1 is 1.26 bits per heavy atom. The van der Waals surface area contributed by atoms with Crippen molar-refractivity contribution in [3.63, 3.8) is 0 Å². The number of nitrogens with zero attached hydrogens (tertiary/aromatic N) is 2. The van der Waals surface area contributed by atoms with Crippen molar-refractivity contribution in [2.75, 3.05) is 26.0 Å². The van der Waals surface area contributed by atoms with Gasteiger partial charge in [-0.3, -0.25) is 9.78 Å². The molecule has 31 heavy (non-hydrogen) atoms. The number of carbonyl (C=O) groups excluding carboxylic acids is 1. The molecule has 4 rings (SSSR count). The lowest BCUT2D eigenvalue weighted by atomic mass is 9.85. The lowest BCUT2D eigenvalue weighted by Crippen LogP contribution is -2.31. The number of nitrogens with one attached hydrogen (secondary N) is 2. The van der Waals surface area contributed by atoms with E-state index in [1.165, 1.54) is 12.8 Å². The fraction of sp³-hybridized carbons (Fsp3) is 0.440. The van der Waals surface area contributed by atoms with Gasteiger partial charge < -0.3 is 20.6 Å². The topological polar surface area (TPSA) is 77.5 Å². The number of carbonyl (C=O) groups is 1. The molecule has 0 bridgehead atoms. The Bertz CT molecular complexity index is 1020. The van der Waals surface area contributed by atoms with Gasteiger partial charge in [0, 0.05) is 30.4 Å². The van der Waals surface area contributed by atoms with Crippen LogP contribution >= 0.6 is 0 Å². The molecule has 1 unspecified atom stereocenters. The Hall–Kier alpha value is -2.70. The number of pyridine rings is 1. The summed E-state index contributed by atoms with van der Waals surface area (Å²) >= 11 is 0. The number of aromatic nitrogens is 1. The lowest BCUT2D eigenvalue weighted by molar-refractivity contribution is 0.101. The van der Waals surface area contributed by atoms with Gasteiger partial charge in [-0.15, -0.1) is 0 Å². The van der Waals surface area contributed by atoms with Gasteiger partial charge in [0.25, 0.3) is 0 Å². The zero-order valence-electron chi connectivity index (χ0n) is 18.6. The number of ketones is 1. The predicted molar refractivity (Wildman–Crippen MR) is 126 cm³/mol. The van der Waals surface area contributed by atoms with Crippen LogP contribution in [0.2, 0.25) is 0 Å². The normalized spacial score (nSPS) is 23.5. The summed E-state index contributed by atoms with van der Waals surface area (Å²) in [7, 11) is 4.27.